The van der Waals surface area contributed by atoms with Crippen LogP contribution in [0, 0.1) is 0 Å². The van der Waals surface area contributed by atoms with Crippen LogP contribution in [0.2, 0.25) is 6.32 Å². The molecule has 0 bridgehead atoms. The van der Waals surface area contributed by atoms with Gasteiger partial charge in [-0.15, -0.1) is 0 Å². The summed E-state index contributed by atoms with van der Waals surface area (Å²) in [5.41, 5.74) is 0. The zero-order valence-corrected chi connectivity index (χ0v) is 8.16. The molecular formula is C9H16BNO2. The van der Waals surface area contributed by atoms with Crippen molar-refractivity contribution in [2.45, 2.75) is 32.1 Å². The Morgan fingerprint density at radius 1 is 1.54 bits per heavy atom. The second kappa shape index (κ2) is 5.27. The molecule has 0 aromatic carbocycles. The van der Waals surface area contributed by atoms with Crippen molar-refractivity contribution in [2.75, 3.05) is 19.8 Å². The summed E-state index contributed by atoms with van der Waals surface area (Å²) < 4.78 is 5.24. The van der Waals surface area contributed by atoms with Gasteiger partial charge in [-0.1, -0.05) is 0 Å². The Kier molecular flexibility index (Phi) is 4.29. The molecule has 2 radical (unpaired) electrons. The fourth-order valence-corrected chi connectivity index (χ4v) is 1.75. The molecule has 0 aromatic heterocycles. The summed E-state index contributed by atoms with van der Waals surface area (Å²) in [4.78, 5) is 13.3. The van der Waals surface area contributed by atoms with Crippen molar-refractivity contribution >= 4 is 13.8 Å². The number of ether oxygens (including phenoxy) is 1. The van der Waals surface area contributed by atoms with E-state index in [1.807, 2.05) is 11.8 Å². The molecule has 4 heteroatoms. The van der Waals surface area contributed by atoms with Crippen LogP contribution in [0.4, 0.5) is 0 Å². The van der Waals surface area contributed by atoms with Gasteiger partial charge in [0.05, 0.1) is 7.85 Å². The molecule has 0 saturated carbocycles. The molecule has 1 aliphatic rings. The Hall–Kier alpha value is -0.505. The Balaban J connectivity index is 2.48. The van der Waals surface area contributed by atoms with E-state index in [4.69, 9.17) is 12.6 Å². The molecule has 0 unspecified atom stereocenters. The molecule has 1 aliphatic heterocycles. The minimum Gasteiger partial charge on any atom is -0.381 e. The molecule has 0 atom stereocenters. The average Bonchev–Trinajstić information content (AvgIpc) is 2.20. The van der Waals surface area contributed by atoms with Gasteiger partial charge in [0.2, 0.25) is 5.91 Å². The quantitative estimate of drug-likeness (QED) is 0.596. The molecule has 0 spiro atoms. The maximum atomic E-state index is 11.4. The predicted molar refractivity (Wildman–Crippen MR) is 51.8 cm³/mol. The summed E-state index contributed by atoms with van der Waals surface area (Å²) in [7, 11) is 5.33. The van der Waals surface area contributed by atoms with Crippen LogP contribution in [0.1, 0.15) is 19.8 Å². The van der Waals surface area contributed by atoms with Crippen LogP contribution < -0.4 is 0 Å². The normalized spacial score (nSPS) is 18.5. The second-order valence-corrected chi connectivity index (χ2v) is 3.23. The molecule has 1 fully saturated rings. The lowest BCUT2D eigenvalue weighted by atomic mass is 10.0. The molecule has 72 valence electrons. The van der Waals surface area contributed by atoms with Gasteiger partial charge < -0.3 is 9.64 Å². The maximum Gasteiger partial charge on any atom is 0.214 e. The highest BCUT2D eigenvalue weighted by Gasteiger charge is 2.22. The zero-order valence-electron chi connectivity index (χ0n) is 8.16. The smallest absolute Gasteiger partial charge is 0.214 e. The first-order valence-electron chi connectivity index (χ1n) is 4.86. The van der Waals surface area contributed by atoms with E-state index in [-0.39, 0.29) is 12.2 Å². The SMILES string of the molecule is [B]CC(=O)N(CC)C1CCOCC1. The van der Waals surface area contributed by atoms with Gasteiger partial charge in [0.1, 0.15) is 0 Å². The first-order chi connectivity index (χ1) is 6.29. The number of nitrogens with zero attached hydrogens (tertiary/aromatic N) is 1. The van der Waals surface area contributed by atoms with Crippen molar-refractivity contribution in [3.05, 3.63) is 0 Å². The summed E-state index contributed by atoms with van der Waals surface area (Å²) in [6.07, 6.45) is 2.00. The molecule has 1 rings (SSSR count). The van der Waals surface area contributed by atoms with Crippen LogP contribution in [0.5, 0.6) is 0 Å². The van der Waals surface area contributed by atoms with E-state index in [1.54, 1.807) is 0 Å². The third-order valence-electron chi connectivity index (χ3n) is 2.47. The molecule has 1 saturated heterocycles. The van der Waals surface area contributed by atoms with Crippen molar-refractivity contribution < 1.29 is 9.53 Å². The third kappa shape index (κ3) is 2.73. The Labute approximate surface area is 80.8 Å². The van der Waals surface area contributed by atoms with Crippen LogP contribution >= 0.6 is 0 Å². The minimum atomic E-state index is 0.0504. The van der Waals surface area contributed by atoms with Gasteiger partial charge in [-0.25, -0.2) is 0 Å². The molecule has 0 aliphatic carbocycles. The summed E-state index contributed by atoms with van der Waals surface area (Å²) >= 11 is 0. The minimum absolute atomic E-state index is 0.0504. The Morgan fingerprint density at radius 2 is 2.15 bits per heavy atom. The van der Waals surface area contributed by atoms with Crippen molar-refractivity contribution in [3.63, 3.8) is 0 Å². The average molecular weight is 181 g/mol. The zero-order chi connectivity index (χ0) is 9.68. The van der Waals surface area contributed by atoms with E-state index >= 15 is 0 Å². The number of hydrogen-bond acceptors (Lipinski definition) is 2. The number of carbonyl (C=O) groups excluding carboxylic acids is 1. The number of rotatable bonds is 3. The number of amides is 1. The van der Waals surface area contributed by atoms with Crippen molar-refractivity contribution in [1.29, 1.82) is 0 Å². The van der Waals surface area contributed by atoms with E-state index < -0.39 is 0 Å². The lowest BCUT2D eigenvalue weighted by Gasteiger charge is -2.33. The molecule has 0 N–H and O–H groups in total. The number of hydrogen-bond donors (Lipinski definition) is 0. The van der Waals surface area contributed by atoms with Crippen LogP contribution in [-0.2, 0) is 9.53 Å². The van der Waals surface area contributed by atoms with Crippen molar-refractivity contribution in [2.24, 2.45) is 0 Å². The van der Waals surface area contributed by atoms with E-state index in [2.05, 4.69) is 0 Å². The monoisotopic (exact) mass is 181 g/mol. The van der Waals surface area contributed by atoms with Gasteiger partial charge in [-0.3, -0.25) is 4.79 Å². The highest BCUT2D eigenvalue weighted by molar-refractivity contribution is 6.19. The molecule has 0 aromatic rings. The van der Waals surface area contributed by atoms with Gasteiger partial charge in [0.25, 0.3) is 0 Å². The third-order valence-corrected chi connectivity index (χ3v) is 2.47. The molecule has 1 heterocycles. The van der Waals surface area contributed by atoms with Crippen LogP contribution in [-0.4, -0.2) is 44.5 Å². The largest absolute Gasteiger partial charge is 0.381 e. The Bertz CT molecular complexity index is 169. The van der Waals surface area contributed by atoms with Gasteiger partial charge in [-0.05, 0) is 26.1 Å². The topological polar surface area (TPSA) is 29.5 Å². The lowest BCUT2D eigenvalue weighted by Crippen LogP contribution is -2.43. The maximum absolute atomic E-state index is 11.4. The fourth-order valence-electron chi connectivity index (χ4n) is 1.75. The van der Waals surface area contributed by atoms with Crippen molar-refractivity contribution in [1.82, 2.24) is 4.90 Å². The standard InChI is InChI=1S/C9H16BNO2/c1-2-11(9(12)7-10)8-3-5-13-6-4-8/h8H,2-7H2,1H3. The lowest BCUT2D eigenvalue weighted by molar-refractivity contribution is -0.132. The number of carbonyl (C=O) groups is 1. The summed E-state index contributed by atoms with van der Waals surface area (Å²) in [6, 6.07) is 0.342. The van der Waals surface area contributed by atoms with Crippen LogP contribution in [0.3, 0.4) is 0 Å². The Morgan fingerprint density at radius 3 is 2.62 bits per heavy atom. The van der Waals surface area contributed by atoms with E-state index in [0.717, 1.165) is 32.6 Å². The van der Waals surface area contributed by atoms with Crippen LogP contribution in [0.25, 0.3) is 0 Å². The first-order valence-corrected chi connectivity index (χ1v) is 4.86. The first kappa shape index (κ1) is 10.6. The highest BCUT2D eigenvalue weighted by atomic mass is 16.5. The predicted octanol–water partition coefficient (Wildman–Crippen LogP) is 0.601. The molecule has 3 nitrogen and oxygen atoms in total. The fraction of sp³-hybridized carbons (Fsp3) is 0.889. The van der Waals surface area contributed by atoms with Crippen molar-refractivity contribution in [3.8, 4) is 0 Å². The highest BCUT2D eigenvalue weighted by Crippen LogP contribution is 2.14. The van der Waals surface area contributed by atoms with E-state index in [0.29, 0.717) is 6.04 Å². The van der Waals surface area contributed by atoms with Gasteiger partial charge in [-0.2, -0.15) is 0 Å². The molecule has 1 amide bonds. The van der Waals surface area contributed by atoms with Gasteiger partial charge in [0.15, 0.2) is 0 Å². The molecular weight excluding hydrogens is 165 g/mol. The molecule has 13 heavy (non-hydrogen) atoms. The summed E-state index contributed by atoms with van der Waals surface area (Å²) in [5.74, 6) is 0.0504. The summed E-state index contributed by atoms with van der Waals surface area (Å²) in [5, 5.41) is 0. The second-order valence-electron chi connectivity index (χ2n) is 3.23. The van der Waals surface area contributed by atoms with E-state index in [1.165, 1.54) is 0 Å². The van der Waals surface area contributed by atoms with Gasteiger partial charge >= 0.3 is 0 Å². The van der Waals surface area contributed by atoms with Gasteiger partial charge in [0, 0.05) is 25.8 Å². The van der Waals surface area contributed by atoms with E-state index in [9.17, 15) is 4.79 Å². The summed E-state index contributed by atoms with van der Waals surface area (Å²) in [6.45, 7) is 4.27. The van der Waals surface area contributed by atoms with Crippen LogP contribution in [0.15, 0.2) is 0 Å².